The first-order chi connectivity index (χ1) is 18.8. The Balaban J connectivity index is 1.36. The highest BCUT2D eigenvalue weighted by Crippen LogP contribution is 2.33. The van der Waals surface area contributed by atoms with Crippen LogP contribution in [0.15, 0.2) is 53.5 Å². The number of aryl methyl sites for hydroxylation is 1. The van der Waals surface area contributed by atoms with Gasteiger partial charge in [0.05, 0.1) is 22.8 Å². The summed E-state index contributed by atoms with van der Waals surface area (Å²) in [6, 6.07) is 13.4. The Morgan fingerprint density at radius 1 is 1.21 bits per heavy atom. The first kappa shape index (κ1) is 27.4. The normalized spacial score (nSPS) is 15.7. The fourth-order valence-electron chi connectivity index (χ4n) is 5.40. The van der Waals surface area contributed by atoms with Crippen molar-refractivity contribution in [1.29, 1.82) is 0 Å². The molecule has 4 aromatic rings. The Hall–Kier alpha value is -3.17. The summed E-state index contributed by atoms with van der Waals surface area (Å²) in [4.78, 5) is 28.8. The molecule has 1 aliphatic rings. The van der Waals surface area contributed by atoms with Crippen LogP contribution in [-0.2, 0) is 0 Å². The van der Waals surface area contributed by atoms with Gasteiger partial charge in [-0.3, -0.25) is 4.79 Å². The number of aromatic nitrogens is 3. The predicted octanol–water partition coefficient (Wildman–Crippen LogP) is 4.77. The maximum atomic E-state index is 13.0. The molecule has 1 saturated heterocycles. The summed E-state index contributed by atoms with van der Waals surface area (Å²) >= 11 is 6.08. The monoisotopic (exact) mass is 548 g/mol. The predicted molar refractivity (Wildman–Crippen MR) is 159 cm³/mol. The first-order valence-corrected chi connectivity index (χ1v) is 13.9. The lowest BCUT2D eigenvalue weighted by molar-refractivity contribution is 0.191. The number of pyridine rings is 1. The molecule has 9 heteroatoms. The van der Waals surface area contributed by atoms with E-state index in [2.05, 4.69) is 58.2 Å². The van der Waals surface area contributed by atoms with Crippen LogP contribution in [-0.4, -0.2) is 76.7 Å². The molecule has 2 aromatic carbocycles. The SMILES string of the molecule is Cc1cc(C2CCN(CCN(C)C)CC2)cc2[nH]c(-c3c(NC[C@@H](O)c4cccc(Cl)c4)cc[nH]c3=O)nc12. The van der Waals surface area contributed by atoms with E-state index in [1.54, 1.807) is 30.5 Å². The summed E-state index contributed by atoms with van der Waals surface area (Å²) in [6.07, 6.45) is 3.09. The highest BCUT2D eigenvalue weighted by Gasteiger charge is 2.23. The van der Waals surface area contributed by atoms with E-state index in [1.165, 1.54) is 5.56 Å². The molecule has 206 valence electrons. The third-order valence-corrected chi connectivity index (χ3v) is 7.87. The average molecular weight is 549 g/mol. The van der Waals surface area contributed by atoms with Gasteiger partial charge >= 0.3 is 0 Å². The van der Waals surface area contributed by atoms with Crippen LogP contribution in [0.2, 0.25) is 5.02 Å². The van der Waals surface area contributed by atoms with E-state index in [-0.39, 0.29) is 12.1 Å². The molecule has 1 aliphatic heterocycles. The summed E-state index contributed by atoms with van der Waals surface area (Å²) in [6.45, 7) is 6.71. The number of aliphatic hydroxyl groups is 1. The molecule has 5 rings (SSSR count). The number of piperidine rings is 1. The fourth-order valence-corrected chi connectivity index (χ4v) is 5.60. The molecule has 0 aliphatic carbocycles. The molecule has 0 bridgehead atoms. The quantitative estimate of drug-likeness (QED) is 0.240. The molecule has 2 aromatic heterocycles. The Morgan fingerprint density at radius 3 is 2.74 bits per heavy atom. The summed E-state index contributed by atoms with van der Waals surface area (Å²) < 4.78 is 0. The molecular formula is C30H37ClN6O2. The zero-order valence-electron chi connectivity index (χ0n) is 22.8. The van der Waals surface area contributed by atoms with Crippen molar-refractivity contribution >= 4 is 28.3 Å². The number of hydrogen-bond donors (Lipinski definition) is 4. The molecule has 39 heavy (non-hydrogen) atoms. The van der Waals surface area contributed by atoms with Gasteiger partial charge in [-0.2, -0.15) is 0 Å². The van der Waals surface area contributed by atoms with E-state index >= 15 is 0 Å². The van der Waals surface area contributed by atoms with Gasteiger partial charge in [0.25, 0.3) is 5.56 Å². The number of likely N-dealkylation sites (tertiary alicyclic amines) is 1. The number of imidazole rings is 1. The number of likely N-dealkylation sites (N-methyl/N-ethyl adjacent to an activating group) is 1. The van der Waals surface area contributed by atoms with Crippen LogP contribution in [0.4, 0.5) is 5.69 Å². The van der Waals surface area contributed by atoms with Gasteiger partial charge in [-0.25, -0.2) is 4.98 Å². The molecule has 8 nitrogen and oxygen atoms in total. The number of aromatic amines is 2. The number of H-pyrrole nitrogens is 2. The molecule has 1 atom stereocenters. The van der Waals surface area contributed by atoms with Gasteiger partial charge in [0, 0.05) is 30.9 Å². The van der Waals surface area contributed by atoms with Crippen molar-refractivity contribution in [3.63, 3.8) is 0 Å². The molecule has 0 amide bonds. The minimum absolute atomic E-state index is 0.216. The van der Waals surface area contributed by atoms with Crippen molar-refractivity contribution in [2.24, 2.45) is 0 Å². The van der Waals surface area contributed by atoms with E-state index in [4.69, 9.17) is 16.6 Å². The van der Waals surface area contributed by atoms with Gasteiger partial charge in [-0.05, 0) is 93.8 Å². The maximum absolute atomic E-state index is 13.0. The smallest absolute Gasteiger partial charge is 0.261 e. The van der Waals surface area contributed by atoms with E-state index in [9.17, 15) is 9.90 Å². The Bertz CT molecular complexity index is 1490. The topological polar surface area (TPSA) is 100 Å². The Labute approximate surface area is 234 Å². The van der Waals surface area contributed by atoms with Crippen LogP contribution in [0.25, 0.3) is 22.4 Å². The van der Waals surface area contributed by atoms with Crippen LogP contribution < -0.4 is 10.9 Å². The van der Waals surface area contributed by atoms with Crippen molar-refractivity contribution in [1.82, 2.24) is 24.8 Å². The number of benzene rings is 2. The van der Waals surface area contributed by atoms with Crippen LogP contribution in [0.3, 0.4) is 0 Å². The summed E-state index contributed by atoms with van der Waals surface area (Å²) in [7, 11) is 4.24. The van der Waals surface area contributed by atoms with E-state index in [0.717, 1.165) is 55.6 Å². The van der Waals surface area contributed by atoms with Crippen molar-refractivity contribution in [2.45, 2.75) is 31.8 Å². The third-order valence-electron chi connectivity index (χ3n) is 7.64. The Kier molecular flexibility index (Phi) is 8.37. The van der Waals surface area contributed by atoms with Crippen LogP contribution in [0.1, 0.15) is 41.6 Å². The molecule has 0 saturated carbocycles. The van der Waals surface area contributed by atoms with Crippen LogP contribution >= 0.6 is 11.6 Å². The van der Waals surface area contributed by atoms with Gasteiger partial charge in [-0.15, -0.1) is 0 Å². The van der Waals surface area contributed by atoms with Gasteiger partial charge in [0.15, 0.2) is 0 Å². The van der Waals surface area contributed by atoms with Crippen molar-refractivity contribution < 1.29 is 5.11 Å². The number of anilines is 1. The standard InChI is InChI=1S/C30H37ClN6O2/c1-19-15-22(20-8-11-37(12-9-20)14-13-36(2)3)17-25-28(19)35-29(34-25)27-24(7-10-32-30(27)39)33-18-26(38)21-5-4-6-23(31)16-21/h4-7,10,15-17,20,26,38H,8-9,11-14,18H2,1-3H3,(H,34,35)(H2,32,33,39)/t26-/m1/s1. The minimum Gasteiger partial charge on any atom is -0.387 e. The lowest BCUT2D eigenvalue weighted by Crippen LogP contribution is -2.37. The number of fused-ring (bicyclic) bond motifs is 1. The fraction of sp³-hybridized carbons (Fsp3) is 0.400. The van der Waals surface area contributed by atoms with E-state index < -0.39 is 6.10 Å². The van der Waals surface area contributed by atoms with Gasteiger partial charge in [0.2, 0.25) is 0 Å². The maximum Gasteiger partial charge on any atom is 0.261 e. The first-order valence-electron chi connectivity index (χ1n) is 13.6. The highest BCUT2D eigenvalue weighted by molar-refractivity contribution is 6.30. The molecule has 0 radical (unpaired) electrons. The largest absolute Gasteiger partial charge is 0.387 e. The molecule has 0 spiro atoms. The zero-order valence-corrected chi connectivity index (χ0v) is 23.6. The average Bonchev–Trinajstić information content (AvgIpc) is 3.35. The number of hydrogen-bond acceptors (Lipinski definition) is 6. The van der Waals surface area contributed by atoms with Crippen molar-refractivity contribution in [3.8, 4) is 11.4 Å². The molecule has 1 fully saturated rings. The third kappa shape index (κ3) is 6.36. The highest BCUT2D eigenvalue weighted by atomic mass is 35.5. The lowest BCUT2D eigenvalue weighted by atomic mass is 9.88. The summed E-state index contributed by atoms with van der Waals surface area (Å²) in [5.41, 5.74) is 5.69. The molecule has 3 heterocycles. The van der Waals surface area contributed by atoms with Gasteiger partial charge in [-0.1, -0.05) is 29.8 Å². The van der Waals surface area contributed by atoms with E-state index in [0.29, 0.717) is 33.6 Å². The van der Waals surface area contributed by atoms with E-state index in [1.807, 2.05) is 6.07 Å². The minimum atomic E-state index is -0.786. The number of nitrogens with one attached hydrogen (secondary N) is 3. The van der Waals surface area contributed by atoms with Gasteiger partial charge < -0.3 is 30.2 Å². The molecule has 4 N–H and O–H groups in total. The number of halogens is 1. The van der Waals surface area contributed by atoms with Gasteiger partial charge in [0.1, 0.15) is 11.4 Å². The second-order valence-corrected chi connectivity index (χ2v) is 11.2. The van der Waals surface area contributed by atoms with Crippen LogP contribution in [0, 0.1) is 6.92 Å². The second-order valence-electron chi connectivity index (χ2n) is 10.8. The lowest BCUT2D eigenvalue weighted by Gasteiger charge is -2.33. The van der Waals surface area contributed by atoms with Crippen LogP contribution in [0.5, 0.6) is 0 Å². The van der Waals surface area contributed by atoms with Crippen molar-refractivity contribution in [3.05, 3.63) is 80.7 Å². The second kappa shape index (κ2) is 11.9. The molecular weight excluding hydrogens is 512 g/mol. The number of rotatable bonds is 9. The summed E-state index contributed by atoms with van der Waals surface area (Å²) in [5.74, 6) is 1.02. The molecule has 0 unspecified atom stereocenters. The Morgan fingerprint density at radius 2 is 2.00 bits per heavy atom. The number of nitrogens with zero attached hydrogens (tertiary/aromatic N) is 3. The summed E-state index contributed by atoms with van der Waals surface area (Å²) in [5, 5.41) is 14.5. The number of aliphatic hydroxyl groups excluding tert-OH is 1. The zero-order chi connectivity index (χ0) is 27.5. The van der Waals surface area contributed by atoms with Crippen molar-refractivity contribution in [2.75, 3.05) is 52.1 Å².